The van der Waals surface area contributed by atoms with Crippen molar-refractivity contribution in [3.05, 3.63) is 193 Å². The lowest BCUT2D eigenvalue weighted by atomic mass is 9.97. The van der Waals surface area contributed by atoms with E-state index in [0.717, 1.165) is 0 Å². The predicted molar refractivity (Wildman–Crippen MR) is 212 cm³/mol. The molecule has 0 amide bonds. The van der Waals surface area contributed by atoms with Gasteiger partial charge in [0, 0.05) is 0 Å². The maximum Gasteiger partial charge on any atom is -0.00618 e. The van der Waals surface area contributed by atoms with Gasteiger partial charge in [-0.2, -0.15) is 0 Å². The van der Waals surface area contributed by atoms with Crippen molar-refractivity contribution in [3.8, 4) is 22.3 Å². The van der Waals surface area contributed by atoms with Gasteiger partial charge < -0.3 is 0 Å². The summed E-state index contributed by atoms with van der Waals surface area (Å²) in [5.41, 5.74) is 7.55. The van der Waals surface area contributed by atoms with E-state index in [1.807, 2.05) is 0 Å². The monoisotopic (exact) mass is 649 g/mol. The van der Waals surface area contributed by atoms with Crippen LogP contribution in [-0.2, 0) is 0 Å². The maximum atomic E-state index is 3.66. The van der Waals surface area contributed by atoms with Gasteiger partial charge in [0.25, 0.3) is 0 Å². The first-order valence-electron chi connectivity index (χ1n) is 16.4. The smallest absolute Gasteiger partial charge is 0.00618 e. The van der Waals surface area contributed by atoms with Gasteiger partial charge in [-0.1, -0.05) is 164 Å². The molecule has 0 aliphatic carbocycles. The molecule has 0 heterocycles. The maximum absolute atomic E-state index is 3.66. The summed E-state index contributed by atoms with van der Waals surface area (Å²) < 4.78 is 0. The second kappa shape index (κ2) is 13.3. The molecule has 0 aromatic heterocycles. The normalized spacial score (nSPS) is 12.6. The minimum Gasteiger partial charge on any atom is -0.0622 e. The number of fused-ring (bicyclic) bond motifs is 2. The molecule has 0 spiro atoms. The first-order chi connectivity index (χ1) is 23.6. The fourth-order valence-corrected chi connectivity index (χ4v) is 14.7. The van der Waals surface area contributed by atoms with Gasteiger partial charge >= 0.3 is 0 Å². The summed E-state index contributed by atoms with van der Waals surface area (Å²) in [5.74, 6) is 0. The Bertz CT molecular complexity index is 2370. The fraction of sp³-hybridized carbons (Fsp3) is 0.0435. The minimum absolute atomic E-state index is 0.854. The molecule has 0 nitrogen and oxygen atoms in total. The van der Waals surface area contributed by atoms with Crippen LogP contribution in [0.3, 0.4) is 0 Å². The third kappa shape index (κ3) is 5.88. The van der Waals surface area contributed by atoms with Crippen LogP contribution < -0.4 is 21.2 Å². The summed E-state index contributed by atoms with van der Waals surface area (Å²) in [6.07, 6.45) is 0. The van der Waals surface area contributed by atoms with Crippen LogP contribution in [-0.4, -0.2) is 0 Å². The second-order valence-electron chi connectivity index (χ2n) is 12.3. The van der Waals surface area contributed by atoms with Gasteiger partial charge in [-0.15, -0.1) is 0 Å². The molecule has 0 aliphatic rings. The Morgan fingerprint density at radius 2 is 0.938 bits per heavy atom. The molecular formula is C46H35P2. The van der Waals surface area contributed by atoms with Crippen LogP contribution >= 0.6 is 15.2 Å². The predicted octanol–water partition coefficient (Wildman–Crippen LogP) is 11.2. The Balaban J connectivity index is 1.42. The van der Waals surface area contributed by atoms with E-state index in [9.17, 15) is 0 Å². The van der Waals surface area contributed by atoms with Crippen molar-refractivity contribution in [1.82, 2.24) is 0 Å². The lowest BCUT2D eigenvalue weighted by molar-refractivity contribution is 1.42. The molecular weight excluding hydrogens is 614 g/mol. The van der Waals surface area contributed by atoms with Crippen molar-refractivity contribution in [3.63, 3.8) is 0 Å². The van der Waals surface area contributed by atoms with Crippen molar-refractivity contribution >= 4 is 58.0 Å². The van der Waals surface area contributed by atoms with Crippen molar-refractivity contribution in [1.29, 1.82) is 0 Å². The molecule has 48 heavy (non-hydrogen) atoms. The first-order valence-corrected chi connectivity index (χ1v) is 19.8. The average molecular weight is 650 g/mol. The summed E-state index contributed by atoms with van der Waals surface area (Å²) in [6.45, 7) is 4.48. The zero-order valence-corrected chi connectivity index (χ0v) is 28.9. The molecule has 0 fully saturated rings. The minimum atomic E-state index is -0.888. The van der Waals surface area contributed by atoms with E-state index in [2.05, 4.69) is 196 Å². The second-order valence-corrected chi connectivity index (χ2v) is 18.0. The van der Waals surface area contributed by atoms with Gasteiger partial charge in [0.05, 0.1) is 0 Å². The number of hydrogen-bond donors (Lipinski definition) is 0. The van der Waals surface area contributed by atoms with Gasteiger partial charge in [-0.05, 0) is 123 Å². The van der Waals surface area contributed by atoms with Crippen molar-refractivity contribution in [2.75, 3.05) is 0 Å². The highest BCUT2D eigenvalue weighted by Gasteiger charge is 2.31. The highest BCUT2D eigenvalue weighted by atomic mass is 32.1. The lowest BCUT2D eigenvalue weighted by Crippen LogP contribution is -2.22. The van der Waals surface area contributed by atoms with Crippen molar-refractivity contribution in [2.24, 2.45) is 0 Å². The SMILES string of the molecule is Cc1ccc[c]c1-c1c(C)cccc1P(c1ccc2ccccc2c1)P(c1ccc(-c2ccccc2)cc1)c1ccc2ccccc2c1. The number of benzene rings is 8. The van der Waals surface area contributed by atoms with Crippen molar-refractivity contribution < 1.29 is 0 Å². The molecule has 2 heteroatoms. The molecule has 1 radical (unpaired) electrons. The van der Waals surface area contributed by atoms with Crippen LogP contribution in [0.15, 0.2) is 176 Å². The standard InChI is InChI=1S/C46H35P2/c1-33-13-6-11-21-44(33)46-34(2)14-12-22-45(46)48(43-30-26-37-18-8-10-20-40(37)32-43)47(42-29-25-36-17-7-9-19-39(36)31-42)41-27-23-38(24-28-41)35-15-4-3-5-16-35/h3-20,22-32H,1-2H3. The Kier molecular flexibility index (Phi) is 8.46. The Labute approximate surface area is 286 Å². The van der Waals surface area contributed by atoms with E-state index in [0.29, 0.717) is 0 Å². The molecule has 0 N–H and O–H groups in total. The average Bonchev–Trinajstić information content (AvgIpc) is 3.14. The van der Waals surface area contributed by atoms with E-state index in [1.165, 1.54) is 76.1 Å². The lowest BCUT2D eigenvalue weighted by Gasteiger charge is -2.32. The Morgan fingerprint density at radius 3 is 1.58 bits per heavy atom. The van der Waals surface area contributed by atoms with Crippen LogP contribution in [0.5, 0.6) is 0 Å². The first kappa shape index (κ1) is 30.5. The van der Waals surface area contributed by atoms with Gasteiger partial charge in [-0.25, -0.2) is 0 Å². The van der Waals surface area contributed by atoms with Crippen LogP contribution in [0, 0.1) is 19.9 Å². The molecule has 0 saturated carbocycles. The van der Waals surface area contributed by atoms with Crippen LogP contribution in [0.4, 0.5) is 0 Å². The number of rotatable bonds is 7. The zero-order chi connectivity index (χ0) is 32.5. The van der Waals surface area contributed by atoms with E-state index in [-0.39, 0.29) is 0 Å². The highest BCUT2D eigenvalue weighted by molar-refractivity contribution is 8.41. The quantitative estimate of drug-likeness (QED) is 0.151. The number of aryl methyl sites for hydroxylation is 2. The molecule has 0 aliphatic heterocycles. The summed E-state index contributed by atoms with van der Waals surface area (Å²) in [6, 6.07) is 69.0. The Hall–Kier alpha value is -4.86. The highest BCUT2D eigenvalue weighted by Crippen LogP contribution is 2.67. The topological polar surface area (TPSA) is 0 Å². The Morgan fingerprint density at radius 1 is 0.396 bits per heavy atom. The molecule has 8 aromatic rings. The van der Waals surface area contributed by atoms with Crippen LogP contribution in [0.25, 0.3) is 43.8 Å². The fourth-order valence-electron chi connectivity index (χ4n) is 6.73. The molecule has 229 valence electrons. The largest absolute Gasteiger partial charge is 0.0622 e. The molecule has 2 atom stereocenters. The van der Waals surface area contributed by atoms with E-state index < -0.39 is 15.2 Å². The summed E-state index contributed by atoms with van der Waals surface area (Å²) >= 11 is 0. The molecule has 8 aromatic carbocycles. The van der Waals surface area contributed by atoms with E-state index >= 15 is 0 Å². The summed E-state index contributed by atoms with van der Waals surface area (Å²) in [4.78, 5) is 0. The van der Waals surface area contributed by atoms with Gasteiger partial charge in [-0.3, -0.25) is 0 Å². The van der Waals surface area contributed by atoms with Gasteiger partial charge in [0.1, 0.15) is 0 Å². The number of hydrogen-bond acceptors (Lipinski definition) is 0. The molecule has 0 bridgehead atoms. The summed E-state index contributed by atoms with van der Waals surface area (Å²) in [7, 11) is -1.74. The molecule has 0 saturated heterocycles. The van der Waals surface area contributed by atoms with Crippen molar-refractivity contribution in [2.45, 2.75) is 13.8 Å². The van der Waals surface area contributed by atoms with Gasteiger partial charge in [0.15, 0.2) is 0 Å². The summed E-state index contributed by atoms with van der Waals surface area (Å²) in [5, 5.41) is 10.7. The van der Waals surface area contributed by atoms with Crippen LogP contribution in [0.1, 0.15) is 11.1 Å². The third-order valence-electron chi connectivity index (χ3n) is 9.17. The van der Waals surface area contributed by atoms with Crippen LogP contribution in [0.2, 0.25) is 0 Å². The van der Waals surface area contributed by atoms with E-state index in [1.54, 1.807) is 0 Å². The van der Waals surface area contributed by atoms with Gasteiger partial charge in [0.2, 0.25) is 0 Å². The third-order valence-corrected chi connectivity index (χ3v) is 16.6. The molecule has 2 unspecified atom stereocenters. The molecule has 8 rings (SSSR count). The zero-order valence-electron chi connectivity index (χ0n) is 27.1. The van der Waals surface area contributed by atoms with E-state index in [4.69, 9.17) is 0 Å².